The van der Waals surface area contributed by atoms with Gasteiger partial charge in [0.15, 0.2) is 5.16 Å². The molecule has 3 N–H and O–H groups in total. The number of halogens is 1. The van der Waals surface area contributed by atoms with Gasteiger partial charge in [0.2, 0.25) is 0 Å². The van der Waals surface area contributed by atoms with Crippen molar-refractivity contribution in [3.63, 3.8) is 0 Å². The van der Waals surface area contributed by atoms with E-state index in [9.17, 15) is 4.79 Å². The Morgan fingerprint density at radius 3 is 2.85 bits per heavy atom. The molecule has 0 fully saturated rings. The predicted molar refractivity (Wildman–Crippen MR) is 84.7 cm³/mol. The van der Waals surface area contributed by atoms with Gasteiger partial charge in [-0.05, 0) is 25.5 Å². The van der Waals surface area contributed by atoms with E-state index in [0.717, 1.165) is 15.6 Å². The number of hydrogen-bond donors (Lipinski definition) is 2. The fourth-order valence-electron chi connectivity index (χ4n) is 1.84. The van der Waals surface area contributed by atoms with E-state index in [1.807, 2.05) is 26.0 Å². The van der Waals surface area contributed by atoms with Crippen molar-refractivity contribution in [2.75, 3.05) is 0 Å². The molecule has 0 saturated heterocycles. The number of H-pyrrole nitrogens is 1. The molecule has 5 nitrogen and oxygen atoms in total. The van der Waals surface area contributed by atoms with Gasteiger partial charge in [0.05, 0.1) is 9.59 Å². The van der Waals surface area contributed by atoms with Crippen LogP contribution in [0.2, 0.25) is 4.34 Å². The van der Waals surface area contributed by atoms with E-state index in [-0.39, 0.29) is 17.0 Å². The van der Waals surface area contributed by atoms with E-state index < -0.39 is 0 Å². The number of aromatic nitrogens is 3. The van der Waals surface area contributed by atoms with Crippen LogP contribution in [0.5, 0.6) is 0 Å². The molecule has 2 heterocycles. The molecule has 20 heavy (non-hydrogen) atoms. The van der Waals surface area contributed by atoms with E-state index in [4.69, 9.17) is 17.3 Å². The maximum absolute atomic E-state index is 11.6. The molecule has 8 heteroatoms. The highest BCUT2D eigenvalue weighted by molar-refractivity contribution is 7.99. The molecule has 0 aliphatic rings. The van der Waals surface area contributed by atoms with E-state index in [0.29, 0.717) is 11.7 Å². The Morgan fingerprint density at radius 1 is 1.55 bits per heavy atom. The highest BCUT2D eigenvalue weighted by atomic mass is 35.5. The molecular weight excluding hydrogens is 316 g/mol. The molecule has 0 spiro atoms. The first kappa shape index (κ1) is 15.6. The molecule has 2 rings (SSSR count). The minimum absolute atomic E-state index is 0.0215. The summed E-state index contributed by atoms with van der Waals surface area (Å²) in [6, 6.07) is 3.84. The molecular formula is C12H17ClN4OS2. The van der Waals surface area contributed by atoms with Crippen LogP contribution in [0.15, 0.2) is 22.1 Å². The van der Waals surface area contributed by atoms with Gasteiger partial charge in [-0.15, -0.1) is 16.4 Å². The Kier molecular flexibility index (Phi) is 5.31. The van der Waals surface area contributed by atoms with Crippen LogP contribution < -0.4 is 11.4 Å². The largest absolute Gasteiger partial charge is 0.343 e. The number of thiophene rings is 1. The third-order valence-corrected chi connectivity index (χ3v) is 5.85. The summed E-state index contributed by atoms with van der Waals surface area (Å²) in [5, 5.41) is 7.26. The highest BCUT2D eigenvalue weighted by Crippen LogP contribution is 2.40. The maximum Gasteiger partial charge on any atom is 0.343 e. The van der Waals surface area contributed by atoms with Gasteiger partial charge >= 0.3 is 5.69 Å². The van der Waals surface area contributed by atoms with Gasteiger partial charge in [-0.3, -0.25) is 4.57 Å². The number of nitrogens with two attached hydrogens (primary N) is 1. The summed E-state index contributed by atoms with van der Waals surface area (Å²) < 4.78 is 2.35. The van der Waals surface area contributed by atoms with Crippen LogP contribution in [0.4, 0.5) is 0 Å². The molecule has 2 aromatic heterocycles. The Bertz CT molecular complexity index is 621. The van der Waals surface area contributed by atoms with Crippen molar-refractivity contribution in [1.82, 2.24) is 14.8 Å². The third kappa shape index (κ3) is 3.28. The summed E-state index contributed by atoms with van der Waals surface area (Å²) >= 11 is 9.03. The van der Waals surface area contributed by atoms with Crippen molar-refractivity contribution in [1.29, 1.82) is 0 Å². The number of aromatic amines is 1. The first-order valence-corrected chi connectivity index (χ1v) is 8.46. The number of rotatable bonds is 6. The number of nitrogens with zero attached hydrogens (tertiary/aromatic N) is 2. The van der Waals surface area contributed by atoms with E-state index in [2.05, 4.69) is 10.2 Å². The summed E-state index contributed by atoms with van der Waals surface area (Å²) in [5.74, 6) is 0. The average molecular weight is 333 g/mol. The van der Waals surface area contributed by atoms with Gasteiger partial charge < -0.3 is 5.73 Å². The number of nitrogens with one attached hydrogen (secondary N) is 1. The average Bonchev–Trinajstić information content (AvgIpc) is 3.01. The van der Waals surface area contributed by atoms with Crippen LogP contribution in [0.3, 0.4) is 0 Å². The smallest absolute Gasteiger partial charge is 0.326 e. The van der Waals surface area contributed by atoms with Crippen LogP contribution in [0.25, 0.3) is 0 Å². The molecule has 0 aromatic carbocycles. The first-order valence-electron chi connectivity index (χ1n) is 6.39. The molecule has 0 amide bonds. The number of hydrogen-bond acceptors (Lipinski definition) is 5. The van der Waals surface area contributed by atoms with Gasteiger partial charge in [0.1, 0.15) is 0 Å². The van der Waals surface area contributed by atoms with Gasteiger partial charge in [0.25, 0.3) is 0 Å². The Labute approximate surface area is 130 Å². The second kappa shape index (κ2) is 6.80. The lowest BCUT2D eigenvalue weighted by atomic mass is 10.1. The van der Waals surface area contributed by atoms with Crippen molar-refractivity contribution >= 4 is 34.7 Å². The SMILES string of the molecule is CCC(N)C(Sc1n[nH]c(=O)n1CC)c1ccc(Cl)s1. The van der Waals surface area contributed by atoms with Crippen molar-refractivity contribution in [2.24, 2.45) is 5.73 Å². The van der Waals surface area contributed by atoms with Crippen molar-refractivity contribution in [3.05, 3.63) is 31.8 Å². The van der Waals surface area contributed by atoms with Gasteiger partial charge in [0, 0.05) is 17.5 Å². The van der Waals surface area contributed by atoms with Crippen LogP contribution in [-0.2, 0) is 6.54 Å². The van der Waals surface area contributed by atoms with Crippen molar-refractivity contribution < 1.29 is 0 Å². The Morgan fingerprint density at radius 2 is 2.30 bits per heavy atom. The molecule has 110 valence electrons. The normalized spacial score (nSPS) is 14.4. The summed E-state index contributed by atoms with van der Waals surface area (Å²) in [6.45, 7) is 4.54. The van der Waals surface area contributed by atoms with Crippen LogP contribution in [-0.4, -0.2) is 20.8 Å². The summed E-state index contributed by atoms with van der Waals surface area (Å²) in [6.07, 6.45) is 0.841. The van der Waals surface area contributed by atoms with Crippen LogP contribution in [0, 0.1) is 0 Å². The summed E-state index contributed by atoms with van der Waals surface area (Å²) in [5.41, 5.74) is 6.03. The lowest BCUT2D eigenvalue weighted by molar-refractivity contribution is 0.626. The van der Waals surface area contributed by atoms with E-state index in [1.54, 1.807) is 4.57 Å². The molecule has 0 saturated carbocycles. The zero-order chi connectivity index (χ0) is 14.7. The third-order valence-electron chi connectivity index (χ3n) is 3.01. The van der Waals surface area contributed by atoms with Crippen molar-refractivity contribution in [2.45, 2.75) is 43.3 Å². The predicted octanol–water partition coefficient (Wildman–Crippen LogP) is 2.88. The van der Waals surface area contributed by atoms with Gasteiger partial charge in [-0.1, -0.05) is 30.3 Å². The Balaban J connectivity index is 2.30. The minimum atomic E-state index is -0.192. The van der Waals surface area contributed by atoms with E-state index in [1.165, 1.54) is 23.1 Å². The minimum Gasteiger partial charge on any atom is -0.326 e. The first-order chi connectivity index (χ1) is 9.56. The lowest BCUT2D eigenvalue weighted by Crippen LogP contribution is -2.25. The molecule has 0 radical (unpaired) electrons. The molecule has 0 aliphatic heterocycles. The molecule has 2 atom stereocenters. The van der Waals surface area contributed by atoms with Crippen LogP contribution >= 0.6 is 34.7 Å². The van der Waals surface area contributed by atoms with Gasteiger partial charge in [-0.25, -0.2) is 9.89 Å². The lowest BCUT2D eigenvalue weighted by Gasteiger charge is -2.20. The second-order valence-corrected chi connectivity index (χ2v) is 7.16. The topological polar surface area (TPSA) is 76.7 Å². The zero-order valence-electron chi connectivity index (χ0n) is 11.3. The summed E-state index contributed by atoms with van der Waals surface area (Å²) in [7, 11) is 0. The second-order valence-electron chi connectivity index (χ2n) is 4.31. The molecule has 2 unspecified atom stereocenters. The zero-order valence-corrected chi connectivity index (χ0v) is 13.7. The molecule has 0 aliphatic carbocycles. The quantitative estimate of drug-likeness (QED) is 0.797. The Hall–Kier alpha value is -0.760. The molecule has 2 aromatic rings. The number of thioether (sulfide) groups is 1. The molecule has 0 bridgehead atoms. The maximum atomic E-state index is 11.6. The van der Waals surface area contributed by atoms with E-state index >= 15 is 0 Å². The standard InChI is InChI=1S/C12H17ClN4OS2/c1-3-7(14)10(8-5-6-9(13)19-8)20-12-16-15-11(18)17(12)4-2/h5-7,10H,3-4,14H2,1-2H3,(H,15,18). The monoisotopic (exact) mass is 332 g/mol. The van der Waals surface area contributed by atoms with Crippen molar-refractivity contribution in [3.8, 4) is 0 Å². The van der Waals surface area contributed by atoms with Crippen LogP contribution in [0.1, 0.15) is 30.4 Å². The summed E-state index contributed by atoms with van der Waals surface area (Å²) in [4.78, 5) is 12.7. The fourth-order valence-corrected chi connectivity index (χ4v) is 4.47. The fraction of sp³-hybridized carbons (Fsp3) is 0.500. The van der Waals surface area contributed by atoms with Gasteiger partial charge in [-0.2, -0.15) is 0 Å². The highest BCUT2D eigenvalue weighted by Gasteiger charge is 2.24.